The third-order valence-corrected chi connectivity index (χ3v) is 3.60. The summed E-state index contributed by atoms with van der Waals surface area (Å²) in [7, 11) is 0. The highest BCUT2D eigenvalue weighted by Crippen LogP contribution is 2.28. The van der Waals surface area contributed by atoms with Gasteiger partial charge in [-0.1, -0.05) is 0 Å². The van der Waals surface area contributed by atoms with E-state index in [1.807, 2.05) is 0 Å². The zero-order chi connectivity index (χ0) is 11.4. The van der Waals surface area contributed by atoms with Gasteiger partial charge in [0.15, 0.2) is 0 Å². The molecule has 88 valence electrons. The zero-order valence-corrected chi connectivity index (χ0v) is 9.58. The fourth-order valence-corrected chi connectivity index (χ4v) is 2.34. The first-order chi connectivity index (χ1) is 7.79. The van der Waals surface area contributed by atoms with Gasteiger partial charge in [-0.25, -0.2) is 0 Å². The van der Waals surface area contributed by atoms with E-state index in [4.69, 9.17) is 11.2 Å². The average Bonchev–Trinajstić information content (AvgIpc) is 2.18. The number of carbonyl (C=O) groups excluding carboxylic acids is 1. The fourth-order valence-electron chi connectivity index (χ4n) is 2.34. The Bertz CT molecular complexity index is 283. The molecule has 0 bridgehead atoms. The third-order valence-electron chi connectivity index (χ3n) is 3.60. The molecule has 0 amide bonds. The van der Waals surface area contributed by atoms with E-state index < -0.39 is 0 Å². The molecule has 1 aliphatic carbocycles. The number of hydrogen-bond donors (Lipinski definition) is 1. The first-order valence-corrected chi connectivity index (χ1v) is 6.14. The maximum absolute atomic E-state index is 11.6. The fraction of sp³-hybridized carbons (Fsp3) is 0.769. The zero-order valence-electron chi connectivity index (χ0n) is 9.58. The lowest BCUT2D eigenvalue weighted by molar-refractivity contribution is -0.157. The molecule has 0 radical (unpaired) electrons. The second-order valence-corrected chi connectivity index (χ2v) is 4.84. The van der Waals surface area contributed by atoms with Crippen molar-refractivity contribution in [1.29, 1.82) is 0 Å². The molecule has 2 aliphatic rings. The summed E-state index contributed by atoms with van der Waals surface area (Å²) in [6.07, 6.45) is 10.5. The Morgan fingerprint density at radius 3 is 2.50 bits per heavy atom. The molecule has 3 nitrogen and oxygen atoms in total. The van der Waals surface area contributed by atoms with Gasteiger partial charge in [0.2, 0.25) is 0 Å². The van der Waals surface area contributed by atoms with E-state index in [0.717, 1.165) is 45.2 Å². The summed E-state index contributed by atoms with van der Waals surface area (Å²) in [5.74, 6) is 3.44. The van der Waals surface area contributed by atoms with Gasteiger partial charge in [0.1, 0.15) is 6.10 Å². The molecule has 0 atom stereocenters. The van der Waals surface area contributed by atoms with Crippen LogP contribution >= 0.6 is 0 Å². The Balaban J connectivity index is 1.68. The first-order valence-electron chi connectivity index (χ1n) is 6.14. The van der Waals surface area contributed by atoms with Gasteiger partial charge >= 0.3 is 5.97 Å². The molecule has 2 fully saturated rings. The number of carbonyl (C=O) groups is 1. The summed E-state index contributed by atoms with van der Waals surface area (Å²) < 4.78 is 5.49. The maximum Gasteiger partial charge on any atom is 0.311 e. The Hall–Kier alpha value is -1.01. The van der Waals surface area contributed by atoms with Crippen LogP contribution in [0.2, 0.25) is 0 Å². The van der Waals surface area contributed by atoms with Crippen LogP contribution in [0, 0.1) is 24.2 Å². The quantitative estimate of drug-likeness (QED) is 0.577. The minimum atomic E-state index is -0.0147. The molecule has 1 saturated carbocycles. The normalized spacial score (nSPS) is 30.2. The lowest BCUT2D eigenvalue weighted by Gasteiger charge is -2.31. The molecule has 0 spiro atoms. The predicted molar refractivity (Wildman–Crippen MR) is 61.6 cm³/mol. The SMILES string of the molecule is C#CCC1CCC(OC(=O)C2CNC2)CC1. The summed E-state index contributed by atoms with van der Waals surface area (Å²) in [6, 6.07) is 0. The number of esters is 1. The van der Waals surface area contributed by atoms with Gasteiger partial charge in [0, 0.05) is 19.5 Å². The maximum atomic E-state index is 11.6. The molecule has 0 aromatic carbocycles. The van der Waals surface area contributed by atoms with E-state index in [9.17, 15) is 4.79 Å². The van der Waals surface area contributed by atoms with Gasteiger partial charge in [0.05, 0.1) is 5.92 Å². The van der Waals surface area contributed by atoms with Crippen LogP contribution in [0.1, 0.15) is 32.1 Å². The Kier molecular flexibility index (Phi) is 3.84. The summed E-state index contributed by atoms with van der Waals surface area (Å²) in [6.45, 7) is 1.57. The lowest BCUT2D eigenvalue weighted by atomic mass is 9.85. The predicted octanol–water partition coefficient (Wildman–Crippen LogP) is 1.33. The molecule has 2 rings (SSSR count). The van der Waals surface area contributed by atoms with Crippen LogP contribution in [0.25, 0.3) is 0 Å². The summed E-state index contributed by atoms with van der Waals surface area (Å²) >= 11 is 0. The van der Waals surface area contributed by atoms with Crippen LogP contribution in [-0.4, -0.2) is 25.2 Å². The van der Waals surface area contributed by atoms with Crippen LogP contribution in [0.15, 0.2) is 0 Å². The summed E-state index contributed by atoms with van der Waals surface area (Å²) in [4.78, 5) is 11.6. The van der Waals surface area contributed by atoms with Crippen molar-refractivity contribution in [3.8, 4) is 12.3 Å². The van der Waals surface area contributed by atoms with E-state index in [0.29, 0.717) is 5.92 Å². The topological polar surface area (TPSA) is 38.3 Å². The van der Waals surface area contributed by atoms with Crippen molar-refractivity contribution in [2.45, 2.75) is 38.2 Å². The Morgan fingerprint density at radius 2 is 2.00 bits per heavy atom. The van der Waals surface area contributed by atoms with Crippen LogP contribution < -0.4 is 5.32 Å². The number of terminal acetylenes is 1. The molecular weight excluding hydrogens is 202 g/mol. The van der Waals surface area contributed by atoms with Gasteiger partial charge in [-0.05, 0) is 31.6 Å². The van der Waals surface area contributed by atoms with Gasteiger partial charge in [-0.2, -0.15) is 0 Å². The van der Waals surface area contributed by atoms with E-state index in [-0.39, 0.29) is 18.0 Å². The molecule has 3 heteroatoms. The second kappa shape index (κ2) is 5.36. The van der Waals surface area contributed by atoms with Gasteiger partial charge in [-0.15, -0.1) is 12.3 Å². The molecule has 1 saturated heterocycles. The lowest BCUT2D eigenvalue weighted by Crippen LogP contribution is -2.48. The van der Waals surface area contributed by atoms with E-state index in [1.165, 1.54) is 0 Å². The van der Waals surface area contributed by atoms with Gasteiger partial charge < -0.3 is 10.1 Å². The summed E-state index contributed by atoms with van der Waals surface area (Å²) in [5.41, 5.74) is 0. The number of ether oxygens (including phenoxy) is 1. The molecule has 1 N–H and O–H groups in total. The smallest absolute Gasteiger partial charge is 0.311 e. The van der Waals surface area contributed by atoms with Crippen molar-refractivity contribution >= 4 is 5.97 Å². The Labute approximate surface area is 96.9 Å². The van der Waals surface area contributed by atoms with Crippen molar-refractivity contribution in [2.24, 2.45) is 11.8 Å². The second-order valence-electron chi connectivity index (χ2n) is 4.84. The molecule has 1 heterocycles. The standard InChI is InChI=1S/C13H19NO2/c1-2-3-10-4-6-12(7-5-10)16-13(15)11-8-14-9-11/h1,10-12,14H,3-9H2. The van der Waals surface area contributed by atoms with Gasteiger partial charge in [0.25, 0.3) is 0 Å². The van der Waals surface area contributed by atoms with Gasteiger partial charge in [-0.3, -0.25) is 4.79 Å². The van der Waals surface area contributed by atoms with Crippen LogP contribution in [-0.2, 0) is 9.53 Å². The largest absolute Gasteiger partial charge is 0.462 e. The first kappa shape index (κ1) is 11.5. The van der Waals surface area contributed by atoms with Crippen molar-refractivity contribution < 1.29 is 9.53 Å². The Morgan fingerprint density at radius 1 is 1.31 bits per heavy atom. The molecule has 0 aromatic rings. The molecule has 0 unspecified atom stereocenters. The van der Waals surface area contributed by atoms with E-state index in [2.05, 4.69) is 11.2 Å². The van der Waals surface area contributed by atoms with Crippen molar-refractivity contribution in [3.05, 3.63) is 0 Å². The number of hydrogen-bond acceptors (Lipinski definition) is 3. The average molecular weight is 221 g/mol. The molecule has 16 heavy (non-hydrogen) atoms. The highest BCUT2D eigenvalue weighted by molar-refractivity contribution is 5.74. The number of rotatable bonds is 3. The third kappa shape index (κ3) is 2.76. The summed E-state index contributed by atoms with van der Waals surface area (Å²) in [5, 5.41) is 3.08. The molecular formula is C13H19NO2. The monoisotopic (exact) mass is 221 g/mol. The van der Waals surface area contributed by atoms with Crippen molar-refractivity contribution in [3.63, 3.8) is 0 Å². The van der Waals surface area contributed by atoms with Crippen LogP contribution in [0.5, 0.6) is 0 Å². The highest BCUT2D eigenvalue weighted by Gasteiger charge is 2.30. The highest BCUT2D eigenvalue weighted by atomic mass is 16.5. The van der Waals surface area contributed by atoms with Crippen molar-refractivity contribution in [1.82, 2.24) is 5.32 Å². The van der Waals surface area contributed by atoms with Crippen molar-refractivity contribution in [2.75, 3.05) is 13.1 Å². The van der Waals surface area contributed by atoms with Crippen LogP contribution in [0.4, 0.5) is 0 Å². The molecule has 1 aliphatic heterocycles. The van der Waals surface area contributed by atoms with E-state index in [1.54, 1.807) is 0 Å². The minimum absolute atomic E-state index is 0.0147. The number of nitrogens with one attached hydrogen (secondary N) is 1. The van der Waals surface area contributed by atoms with E-state index >= 15 is 0 Å². The molecule has 0 aromatic heterocycles. The van der Waals surface area contributed by atoms with Crippen LogP contribution in [0.3, 0.4) is 0 Å². The minimum Gasteiger partial charge on any atom is -0.462 e.